The van der Waals surface area contributed by atoms with Crippen LogP contribution in [-0.4, -0.2) is 47.9 Å². The zero-order valence-corrected chi connectivity index (χ0v) is 20.2. The fourth-order valence-electron chi connectivity index (χ4n) is 3.14. The van der Waals surface area contributed by atoms with Crippen LogP contribution in [0, 0.1) is 0 Å². The summed E-state index contributed by atoms with van der Waals surface area (Å²) in [7, 11) is 6.21. The smallest absolute Gasteiger partial charge is 0.203 e. The Balaban J connectivity index is 0.00000121. The lowest BCUT2D eigenvalue weighted by molar-refractivity contribution is 0.324. The van der Waals surface area contributed by atoms with Crippen molar-refractivity contribution in [2.75, 3.05) is 34.9 Å². The van der Waals surface area contributed by atoms with E-state index in [9.17, 15) is 0 Å². The number of furan rings is 1. The average molecular weight is 445 g/mol. The van der Waals surface area contributed by atoms with Crippen molar-refractivity contribution in [2.24, 2.45) is 15.7 Å². The van der Waals surface area contributed by atoms with E-state index in [1.807, 2.05) is 26.8 Å². The monoisotopic (exact) mass is 444 g/mol. The first kappa shape index (κ1) is 26.9. The van der Waals surface area contributed by atoms with Crippen molar-refractivity contribution < 1.29 is 18.6 Å². The van der Waals surface area contributed by atoms with Gasteiger partial charge in [0.05, 0.1) is 27.0 Å². The molecule has 1 aromatic carbocycles. The van der Waals surface area contributed by atoms with Gasteiger partial charge in [-0.2, -0.15) is 0 Å². The minimum atomic E-state index is 0.527. The van der Waals surface area contributed by atoms with Crippen LogP contribution in [-0.2, 0) is 13.0 Å². The van der Waals surface area contributed by atoms with Gasteiger partial charge in [0, 0.05) is 43.4 Å². The molecule has 1 aliphatic heterocycles. The molecule has 0 aliphatic carbocycles. The Kier molecular flexibility index (Phi) is 11.8. The number of fused-ring (bicyclic) bond motifs is 1. The molecule has 0 radical (unpaired) electrons. The van der Waals surface area contributed by atoms with Crippen LogP contribution in [0.1, 0.15) is 37.9 Å². The quantitative estimate of drug-likeness (QED) is 0.614. The Bertz CT molecular complexity index is 884. The van der Waals surface area contributed by atoms with Crippen LogP contribution in [0.5, 0.6) is 17.2 Å². The molecule has 3 rings (SSSR count). The Labute approximate surface area is 191 Å². The Morgan fingerprint density at radius 3 is 2.22 bits per heavy atom. The van der Waals surface area contributed by atoms with Crippen molar-refractivity contribution in [2.45, 2.75) is 33.7 Å². The van der Waals surface area contributed by atoms with Crippen molar-refractivity contribution in [3.8, 4) is 17.2 Å². The standard InChI is InChI=1S/C21H25N3O4.C2H6.CH5N/c1-13(20(22-2)17-8-14-12-23-7-6-16(14)28-17)11-24-15-9-18(25-3)21(27-5)19(10-15)26-4;2*1-2/h8-11,23H,2,6-7,12H2,1,3-5H3;1-2H3;2H2,1H3/b20-13-,24-11?;;. The fourth-order valence-corrected chi connectivity index (χ4v) is 3.14. The molecule has 176 valence electrons. The van der Waals surface area contributed by atoms with Crippen LogP contribution in [0.3, 0.4) is 0 Å². The number of nitrogens with one attached hydrogen (secondary N) is 1. The van der Waals surface area contributed by atoms with Gasteiger partial charge < -0.3 is 29.7 Å². The maximum Gasteiger partial charge on any atom is 0.203 e. The van der Waals surface area contributed by atoms with Crippen molar-refractivity contribution in [3.05, 3.63) is 40.9 Å². The highest BCUT2D eigenvalue weighted by molar-refractivity contribution is 5.91. The van der Waals surface area contributed by atoms with Crippen molar-refractivity contribution in [1.82, 2.24) is 5.32 Å². The second-order valence-electron chi connectivity index (χ2n) is 6.32. The molecule has 0 saturated heterocycles. The topological polar surface area (TPSA) is 104 Å². The van der Waals surface area contributed by atoms with Crippen molar-refractivity contribution >= 4 is 24.3 Å². The van der Waals surface area contributed by atoms with Gasteiger partial charge >= 0.3 is 0 Å². The molecule has 2 aromatic rings. The molecule has 0 unspecified atom stereocenters. The van der Waals surface area contributed by atoms with E-state index in [0.717, 1.165) is 36.4 Å². The van der Waals surface area contributed by atoms with E-state index in [1.165, 1.54) is 7.05 Å². The largest absolute Gasteiger partial charge is 0.493 e. The highest BCUT2D eigenvalue weighted by Gasteiger charge is 2.17. The number of hydrogen-bond acceptors (Lipinski definition) is 8. The number of ether oxygens (including phenoxy) is 3. The summed E-state index contributed by atoms with van der Waals surface area (Å²) in [5.74, 6) is 3.33. The summed E-state index contributed by atoms with van der Waals surface area (Å²) in [6, 6.07) is 5.58. The molecule has 0 bridgehead atoms. The number of rotatable bonds is 7. The fraction of sp³-hybridized carbons (Fsp3) is 0.417. The van der Waals surface area contributed by atoms with Gasteiger partial charge in [0.2, 0.25) is 5.75 Å². The third kappa shape index (κ3) is 6.45. The van der Waals surface area contributed by atoms with Crippen molar-refractivity contribution in [1.29, 1.82) is 0 Å². The lowest BCUT2D eigenvalue weighted by atomic mass is 10.1. The van der Waals surface area contributed by atoms with Gasteiger partial charge in [-0.15, -0.1) is 0 Å². The molecule has 2 heterocycles. The Hall–Kier alpha value is -3.10. The van der Waals surface area contributed by atoms with Crippen LogP contribution in [0.2, 0.25) is 0 Å². The third-order valence-electron chi connectivity index (χ3n) is 4.56. The maximum absolute atomic E-state index is 5.99. The number of methoxy groups -OCH3 is 3. The zero-order valence-electron chi connectivity index (χ0n) is 20.2. The van der Waals surface area contributed by atoms with Crippen LogP contribution in [0.4, 0.5) is 5.69 Å². The van der Waals surface area contributed by atoms with Gasteiger partial charge in [0.25, 0.3) is 0 Å². The highest BCUT2D eigenvalue weighted by atomic mass is 16.5. The summed E-state index contributed by atoms with van der Waals surface area (Å²) in [6.07, 6.45) is 2.60. The SMILES string of the molecule is C=N/C(=C(/C)C=Nc1cc(OC)c(OC)c(OC)c1)c1cc2c(o1)CCNC2.CC.CN. The molecule has 1 aromatic heterocycles. The summed E-state index contributed by atoms with van der Waals surface area (Å²) < 4.78 is 22.1. The Morgan fingerprint density at radius 1 is 1.09 bits per heavy atom. The molecule has 0 amide bonds. The summed E-state index contributed by atoms with van der Waals surface area (Å²) >= 11 is 0. The first-order chi connectivity index (χ1) is 15.6. The van der Waals surface area contributed by atoms with E-state index >= 15 is 0 Å². The third-order valence-corrected chi connectivity index (χ3v) is 4.56. The number of hydrogen-bond donors (Lipinski definition) is 2. The minimum absolute atomic E-state index is 0.527. The average Bonchev–Trinajstić information content (AvgIpc) is 3.28. The summed E-state index contributed by atoms with van der Waals surface area (Å²) in [6.45, 7) is 11.3. The molecule has 3 N–H and O–H groups in total. The molecule has 0 saturated carbocycles. The number of nitrogens with two attached hydrogens (primary N) is 1. The molecule has 0 atom stereocenters. The van der Waals surface area contributed by atoms with Gasteiger partial charge in [0.15, 0.2) is 17.3 Å². The number of allylic oxidation sites excluding steroid dienone is 1. The van der Waals surface area contributed by atoms with Gasteiger partial charge in [-0.3, -0.25) is 9.98 Å². The van der Waals surface area contributed by atoms with Crippen LogP contribution < -0.4 is 25.3 Å². The van der Waals surface area contributed by atoms with E-state index in [1.54, 1.807) is 39.7 Å². The Morgan fingerprint density at radius 2 is 1.72 bits per heavy atom. The van der Waals surface area contributed by atoms with Gasteiger partial charge in [0.1, 0.15) is 11.5 Å². The first-order valence-electron chi connectivity index (χ1n) is 10.5. The van der Waals surface area contributed by atoms with Crippen molar-refractivity contribution in [3.63, 3.8) is 0 Å². The van der Waals surface area contributed by atoms with E-state index < -0.39 is 0 Å². The zero-order chi connectivity index (χ0) is 24.1. The minimum Gasteiger partial charge on any atom is -0.493 e. The van der Waals surface area contributed by atoms with Gasteiger partial charge in [-0.25, -0.2) is 0 Å². The molecule has 8 nitrogen and oxygen atoms in total. The molecule has 8 heteroatoms. The van der Waals surface area contributed by atoms with E-state index in [4.69, 9.17) is 18.6 Å². The van der Waals surface area contributed by atoms with Crippen LogP contribution in [0.15, 0.2) is 38.2 Å². The molecule has 1 aliphatic rings. The van der Waals surface area contributed by atoms with Gasteiger partial charge in [-0.1, -0.05) is 13.8 Å². The summed E-state index contributed by atoms with van der Waals surface area (Å²) in [4.78, 5) is 8.70. The first-order valence-corrected chi connectivity index (χ1v) is 10.5. The molecular formula is C24H36N4O4. The normalized spacial score (nSPS) is 13.0. The predicted molar refractivity (Wildman–Crippen MR) is 132 cm³/mol. The van der Waals surface area contributed by atoms with Crippen LogP contribution >= 0.6 is 0 Å². The lowest BCUT2D eigenvalue weighted by Gasteiger charge is -2.12. The van der Waals surface area contributed by atoms with E-state index in [2.05, 4.69) is 27.8 Å². The molecule has 0 spiro atoms. The summed E-state index contributed by atoms with van der Waals surface area (Å²) in [5.41, 5.74) is 7.84. The van der Waals surface area contributed by atoms with Gasteiger partial charge in [-0.05, 0) is 32.3 Å². The van der Waals surface area contributed by atoms with Crippen LogP contribution in [0.25, 0.3) is 5.70 Å². The second-order valence-corrected chi connectivity index (χ2v) is 6.32. The second kappa shape index (κ2) is 14.1. The lowest BCUT2D eigenvalue weighted by Crippen LogP contribution is -2.22. The number of benzene rings is 1. The summed E-state index contributed by atoms with van der Waals surface area (Å²) in [5, 5.41) is 3.34. The van der Waals surface area contributed by atoms with E-state index in [0.29, 0.717) is 34.4 Å². The molecule has 0 fully saturated rings. The number of aliphatic imine (C=N–C) groups is 2. The molecular weight excluding hydrogens is 408 g/mol. The molecule has 32 heavy (non-hydrogen) atoms. The number of nitrogens with zero attached hydrogens (tertiary/aromatic N) is 2. The maximum atomic E-state index is 5.99. The predicted octanol–water partition coefficient (Wildman–Crippen LogP) is 4.39. The highest BCUT2D eigenvalue weighted by Crippen LogP contribution is 2.40. The van der Waals surface area contributed by atoms with E-state index in [-0.39, 0.29) is 0 Å².